The molecule has 21 heavy (non-hydrogen) atoms. The van der Waals surface area contributed by atoms with Crippen LogP contribution in [0.15, 0.2) is 18.2 Å². The molecule has 0 saturated heterocycles. The molecule has 0 spiro atoms. The number of aliphatic hydroxyl groups is 1. The SMILES string of the molecule is COCC(O)CCNC(=O)Cc1ccc2c(c1)CCCC2. The molecular formula is C17H25NO3. The van der Waals surface area contributed by atoms with Crippen LogP contribution in [0.3, 0.4) is 0 Å². The summed E-state index contributed by atoms with van der Waals surface area (Å²) >= 11 is 0. The predicted molar refractivity (Wildman–Crippen MR) is 82.3 cm³/mol. The number of carbonyl (C=O) groups is 1. The summed E-state index contributed by atoms with van der Waals surface area (Å²) in [5, 5.41) is 12.4. The maximum absolute atomic E-state index is 11.9. The van der Waals surface area contributed by atoms with Crippen LogP contribution in [0, 0.1) is 0 Å². The number of nitrogens with one attached hydrogen (secondary N) is 1. The average Bonchev–Trinajstić information content (AvgIpc) is 2.47. The van der Waals surface area contributed by atoms with Gasteiger partial charge in [-0.25, -0.2) is 0 Å². The van der Waals surface area contributed by atoms with E-state index in [1.165, 1.54) is 30.4 Å². The lowest BCUT2D eigenvalue weighted by Gasteiger charge is -2.16. The van der Waals surface area contributed by atoms with Gasteiger partial charge in [-0.15, -0.1) is 0 Å². The van der Waals surface area contributed by atoms with Gasteiger partial charge in [0.25, 0.3) is 0 Å². The number of methoxy groups -OCH3 is 1. The molecule has 4 nitrogen and oxygen atoms in total. The van der Waals surface area contributed by atoms with Crippen molar-refractivity contribution >= 4 is 5.91 Å². The number of aryl methyl sites for hydroxylation is 2. The van der Waals surface area contributed by atoms with Crippen LogP contribution in [-0.4, -0.2) is 37.4 Å². The third kappa shape index (κ3) is 5.14. The summed E-state index contributed by atoms with van der Waals surface area (Å²) in [6, 6.07) is 6.40. The fraction of sp³-hybridized carbons (Fsp3) is 0.588. The van der Waals surface area contributed by atoms with Gasteiger partial charge in [-0.2, -0.15) is 0 Å². The standard InChI is InChI=1S/C17H25NO3/c1-21-12-16(19)8-9-18-17(20)11-13-6-7-14-4-2-3-5-15(14)10-13/h6-7,10,16,19H,2-5,8-9,11-12H2,1H3,(H,18,20). The highest BCUT2D eigenvalue weighted by Crippen LogP contribution is 2.22. The van der Waals surface area contributed by atoms with Crippen molar-refractivity contribution in [2.45, 2.75) is 44.6 Å². The molecule has 2 N–H and O–H groups in total. The molecule has 0 aromatic heterocycles. The molecule has 1 aliphatic carbocycles. The first-order chi connectivity index (χ1) is 10.2. The molecule has 0 heterocycles. The Labute approximate surface area is 126 Å². The average molecular weight is 291 g/mol. The monoisotopic (exact) mass is 291 g/mol. The predicted octanol–water partition coefficient (Wildman–Crippen LogP) is 1.62. The maximum Gasteiger partial charge on any atom is 0.224 e. The number of benzene rings is 1. The molecule has 1 amide bonds. The van der Waals surface area contributed by atoms with Gasteiger partial charge in [-0.3, -0.25) is 4.79 Å². The molecule has 1 atom stereocenters. The molecular weight excluding hydrogens is 266 g/mol. The number of carbonyl (C=O) groups excluding carboxylic acids is 1. The first-order valence-corrected chi connectivity index (χ1v) is 7.73. The summed E-state index contributed by atoms with van der Waals surface area (Å²) in [6.07, 6.45) is 5.24. The fourth-order valence-electron chi connectivity index (χ4n) is 2.80. The summed E-state index contributed by atoms with van der Waals surface area (Å²) in [7, 11) is 1.55. The van der Waals surface area contributed by atoms with Crippen LogP contribution >= 0.6 is 0 Å². The van der Waals surface area contributed by atoms with Crippen molar-refractivity contribution in [3.63, 3.8) is 0 Å². The Morgan fingerprint density at radius 1 is 1.33 bits per heavy atom. The van der Waals surface area contributed by atoms with Gasteiger partial charge in [0.05, 0.1) is 19.1 Å². The highest BCUT2D eigenvalue weighted by Gasteiger charge is 2.11. The molecule has 1 unspecified atom stereocenters. The number of hydrogen-bond donors (Lipinski definition) is 2. The summed E-state index contributed by atoms with van der Waals surface area (Å²) in [5.74, 6) is 0.00961. The Morgan fingerprint density at radius 3 is 2.86 bits per heavy atom. The fourth-order valence-corrected chi connectivity index (χ4v) is 2.80. The van der Waals surface area contributed by atoms with Crippen LogP contribution in [-0.2, 0) is 28.8 Å². The summed E-state index contributed by atoms with van der Waals surface area (Å²) < 4.78 is 4.85. The van der Waals surface area contributed by atoms with Crippen LogP contribution in [0.25, 0.3) is 0 Å². The van der Waals surface area contributed by atoms with Crippen LogP contribution in [0.1, 0.15) is 36.0 Å². The van der Waals surface area contributed by atoms with Crippen LogP contribution in [0.4, 0.5) is 0 Å². The van der Waals surface area contributed by atoms with Crippen LogP contribution in [0.5, 0.6) is 0 Å². The molecule has 1 aromatic carbocycles. The van der Waals surface area contributed by atoms with Crippen molar-refractivity contribution in [3.8, 4) is 0 Å². The third-order valence-electron chi connectivity index (χ3n) is 3.94. The van der Waals surface area contributed by atoms with Crippen molar-refractivity contribution in [1.29, 1.82) is 0 Å². The van der Waals surface area contributed by atoms with E-state index in [2.05, 4.69) is 23.5 Å². The smallest absolute Gasteiger partial charge is 0.224 e. The Morgan fingerprint density at radius 2 is 2.10 bits per heavy atom. The summed E-state index contributed by atoms with van der Waals surface area (Å²) in [4.78, 5) is 11.9. The second-order valence-corrected chi connectivity index (χ2v) is 5.73. The van der Waals surface area contributed by atoms with Gasteiger partial charge < -0.3 is 15.2 Å². The Bertz CT molecular complexity index is 473. The van der Waals surface area contributed by atoms with Gasteiger partial charge >= 0.3 is 0 Å². The topological polar surface area (TPSA) is 58.6 Å². The molecule has 0 radical (unpaired) electrons. The van der Waals surface area contributed by atoms with Gasteiger partial charge in [-0.1, -0.05) is 18.2 Å². The van der Waals surface area contributed by atoms with E-state index in [-0.39, 0.29) is 5.91 Å². The number of fused-ring (bicyclic) bond motifs is 1. The Hall–Kier alpha value is -1.39. The molecule has 1 aromatic rings. The molecule has 2 rings (SSSR count). The zero-order chi connectivity index (χ0) is 15.1. The number of hydrogen-bond acceptors (Lipinski definition) is 3. The highest BCUT2D eigenvalue weighted by atomic mass is 16.5. The minimum Gasteiger partial charge on any atom is -0.391 e. The van der Waals surface area contributed by atoms with Crippen molar-refractivity contribution in [3.05, 3.63) is 34.9 Å². The van der Waals surface area contributed by atoms with E-state index < -0.39 is 6.10 Å². The molecule has 0 bridgehead atoms. The summed E-state index contributed by atoms with van der Waals surface area (Å²) in [6.45, 7) is 0.787. The number of rotatable bonds is 7. The minimum absolute atomic E-state index is 0.00961. The van der Waals surface area contributed by atoms with Crippen molar-refractivity contribution in [2.24, 2.45) is 0 Å². The van der Waals surface area contributed by atoms with E-state index in [4.69, 9.17) is 4.74 Å². The van der Waals surface area contributed by atoms with Crippen molar-refractivity contribution < 1.29 is 14.6 Å². The third-order valence-corrected chi connectivity index (χ3v) is 3.94. The molecule has 116 valence electrons. The van der Waals surface area contributed by atoms with E-state index in [0.29, 0.717) is 26.0 Å². The van der Waals surface area contributed by atoms with E-state index in [1.54, 1.807) is 7.11 Å². The first-order valence-electron chi connectivity index (χ1n) is 7.73. The molecule has 0 aliphatic heterocycles. The van der Waals surface area contributed by atoms with E-state index >= 15 is 0 Å². The number of ether oxygens (including phenoxy) is 1. The van der Waals surface area contributed by atoms with E-state index in [1.807, 2.05) is 0 Å². The number of aliphatic hydroxyl groups excluding tert-OH is 1. The largest absolute Gasteiger partial charge is 0.391 e. The van der Waals surface area contributed by atoms with Crippen LogP contribution < -0.4 is 5.32 Å². The zero-order valence-corrected chi connectivity index (χ0v) is 12.7. The summed E-state index contributed by atoms with van der Waals surface area (Å²) in [5.41, 5.74) is 3.92. The first kappa shape index (κ1) is 16.0. The van der Waals surface area contributed by atoms with Gasteiger partial charge in [-0.05, 0) is 48.8 Å². The second kappa shape index (κ2) is 8.15. The molecule has 0 saturated carbocycles. The lowest BCUT2D eigenvalue weighted by molar-refractivity contribution is -0.120. The molecule has 4 heteroatoms. The number of amides is 1. The Kier molecular flexibility index (Phi) is 6.21. The normalized spacial score (nSPS) is 15.3. The zero-order valence-electron chi connectivity index (χ0n) is 12.7. The lowest BCUT2D eigenvalue weighted by Crippen LogP contribution is -2.29. The Balaban J connectivity index is 1.77. The van der Waals surface area contributed by atoms with E-state index in [9.17, 15) is 9.90 Å². The van der Waals surface area contributed by atoms with Crippen molar-refractivity contribution in [2.75, 3.05) is 20.3 Å². The quantitative estimate of drug-likeness (QED) is 0.802. The lowest BCUT2D eigenvalue weighted by atomic mass is 9.90. The molecule has 0 fully saturated rings. The second-order valence-electron chi connectivity index (χ2n) is 5.73. The minimum atomic E-state index is -0.515. The molecule has 1 aliphatic rings. The van der Waals surface area contributed by atoms with Gasteiger partial charge in [0.2, 0.25) is 5.91 Å². The van der Waals surface area contributed by atoms with Gasteiger partial charge in [0.15, 0.2) is 0 Å². The maximum atomic E-state index is 11.9. The van der Waals surface area contributed by atoms with Crippen molar-refractivity contribution in [1.82, 2.24) is 5.32 Å². The van der Waals surface area contributed by atoms with E-state index in [0.717, 1.165) is 12.0 Å². The van der Waals surface area contributed by atoms with Crippen LogP contribution in [0.2, 0.25) is 0 Å². The highest BCUT2D eigenvalue weighted by molar-refractivity contribution is 5.78. The van der Waals surface area contributed by atoms with Gasteiger partial charge in [0.1, 0.15) is 0 Å². The van der Waals surface area contributed by atoms with Gasteiger partial charge in [0, 0.05) is 13.7 Å².